The number of aromatic nitrogens is 5. The van der Waals surface area contributed by atoms with Crippen LogP contribution in [0.4, 0.5) is 5.69 Å². The number of thiazole rings is 1. The fourth-order valence-electron chi connectivity index (χ4n) is 9.08. The number of aromatic amines is 1. The van der Waals surface area contributed by atoms with Gasteiger partial charge in [0, 0.05) is 61.6 Å². The number of carbonyl (C=O) groups excluding carboxylic acids is 5. The molecule has 0 saturated carbocycles. The molecule has 70 heavy (non-hydrogen) atoms. The summed E-state index contributed by atoms with van der Waals surface area (Å²) in [7, 11) is 0. The van der Waals surface area contributed by atoms with E-state index in [1.54, 1.807) is 34.3 Å². The second-order valence-electron chi connectivity index (χ2n) is 19.4. The van der Waals surface area contributed by atoms with Crippen molar-refractivity contribution >= 4 is 68.5 Å². The second kappa shape index (κ2) is 22.0. The average Bonchev–Trinajstić information content (AvgIpc) is 4.19. The molecular weight excluding hydrogens is 911 g/mol. The Morgan fingerprint density at radius 1 is 0.986 bits per heavy atom. The summed E-state index contributed by atoms with van der Waals surface area (Å²) in [5.74, 6) is -0.812. The summed E-state index contributed by atoms with van der Waals surface area (Å²) in [5, 5.41) is 27.5. The molecule has 19 heteroatoms. The predicted octanol–water partition coefficient (Wildman–Crippen LogP) is 5.30. The van der Waals surface area contributed by atoms with Crippen LogP contribution < -0.4 is 21.3 Å². The van der Waals surface area contributed by atoms with Crippen LogP contribution in [0.15, 0.2) is 72.4 Å². The highest BCUT2D eigenvalue weighted by atomic mass is 32.1. The second-order valence-corrected chi connectivity index (χ2v) is 20.2. The smallest absolute Gasteiger partial charge is 0.255 e. The van der Waals surface area contributed by atoms with E-state index in [1.165, 1.54) is 17.7 Å². The molecule has 6 aromatic rings. The molecule has 3 aromatic heterocycles. The number of amides is 5. The van der Waals surface area contributed by atoms with E-state index in [1.807, 2.05) is 81.7 Å². The van der Waals surface area contributed by atoms with E-state index in [-0.39, 0.29) is 63.3 Å². The number of rotatable bonds is 19. The quantitative estimate of drug-likeness (QED) is 0.0571. The lowest BCUT2D eigenvalue weighted by Crippen LogP contribution is -2.57. The number of fused-ring (bicyclic) bond motifs is 2. The number of carbonyl (C=O) groups is 5. The van der Waals surface area contributed by atoms with Gasteiger partial charge in [-0.3, -0.25) is 33.6 Å². The van der Waals surface area contributed by atoms with Gasteiger partial charge in [0.1, 0.15) is 17.9 Å². The summed E-state index contributed by atoms with van der Waals surface area (Å²) in [4.78, 5) is 83.8. The number of nitrogens with zero attached hydrogens (tertiary/aromatic N) is 6. The first-order chi connectivity index (χ1) is 33.6. The standard InChI is InChI=1S/C51H63N11O7S/c1-31-7-6-19-60(31)29-43-57-39-14-13-37(24-40(39)58-43)56-48(66)35-12-15-41-36(23-35)27-55-62(41)20-18-52-44(64)16-21-69-22-17-45(65)59-47(51(3,4)5)50(68)61-28-38(63)25-42(61)49(67)53-26-33-8-10-34(11-9-33)46-32(2)54-30-70-46/h8-15,23-24,27,30-31,38,42,47,63H,6-7,16-22,25-26,28-29H2,1-5H3,(H,52,64)(H,53,67)(H,56,66)(H,57,58)(H,59,65)/t31?,38-,42+,47?/m1/s1. The van der Waals surface area contributed by atoms with Crippen molar-refractivity contribution in [3.63, 3.8) is 0 Å². The van der Waals surface area contributed by atoms with Crippen LogP contribution in [0.2, 0.25) is 0 Å². The van der Waals surface area contributed by atoms with Crippen molar-refractivity contribution in [1.29, 1.82) is 0 Å². The Bertz CT molecular complexity index is 2830. The first-order valence-electron chi connectivity index (χ1n) is 24.0. The van der Waals surface area contributed by atoms with E-state index in [0.717, 1.165) is 62.5 Å². The summed E-state index contributed by atoms with van der Waals surface area (Å²) < 4.78 is 7.39. The molecule has 18 nitrogen and oxygen atoms in total. The van der Waals surface area contributed by atoms with Crippen LogP contribution in [-0.2, 0) is 43.5 Å². The molecule has 5 heterocycles. The van der Waals surface area contributed by atoms with Gasteiger partial charge in [0.2, 0.25) is 23.6 Å². The first-order valence-corrected chi connectivity index (χ1v) is 24.9. The van der Waals surface area contributed by atoms with Crippen LogP contribution in [0.25, 0.3) is 32.4 Å². The maximum Gasteiger partial charge on any atom is 0.255 e. The van der Waals surface area contributed by atoms with Crippen molar-refractivity contribution in [2.24, 2.45) is 5.41 Å². The highest BCUT2D eigenvalue weighted by Gasteiger charge is 2.44. The molecule has 0 bridgehead atoms. The number of β-amino-alcohol motifs (C(OH)–C–C–N with tert-alkyl or cyclic N) is 1. The van der Waals surface area contributed by atoms with E-state index in [0.29, 0.717) is 30.4 Å². The summed E-state index contributed by atoms with van der Waals surface area (Å²) in [5.41, 5.74) is 7.67. The Morgan fingerprint density at radius 2 is 1.77 bits per heavy atom. The van der Waals surface area contributed by atoms with Gasteiger partial charge in [-0.15, -0.1) is 11.3 Å². The van der Waals surface area contributed by atoms with Gasteiger partial charge in [-0.1, -0.05) is 45.0 Å². The highest BCUT2D eigenvalue weighted by molar-refractivity contribution is 7.13. The minimum atomic E-state index is -0.973. The molecular formula is C51H63N11O7S. The summed E-state index contributed by atoms with van der Waals surface area (Å²) >= 11 is 1.57. The molecule has 370 valence electrons. The predicted molar refractivity (Wildman–Crippen MR) is 268 cm³/mol. The summed E-state index contributed by atoms with van der Waals surface area (Å²) in [6.45, 7) is 12.6. The third-order valence-electron chi connectivity index (χ3n) is 13.0. The zero-order valence-electron chi connectivity index (χ0n) is 40.4. The SMILES string of the molecule is Cc1ncsc1-c1ccc(CNC(=O)[C@@H]2C[C@@H](O)CN2C(=O)C(NC(=O)CCOCCC(=O)NCCn2ncc3cc(C(=O)Nc4ccc5[nH]c(CN6CCCC6C)nc5c4)ccc32)C(C)(C)C)cc1. The van der Waals surface area contributed by atoms with Gasteiger partial charge < -0.3 is 41.0 Å². The van der Waals surface area contributed by atoms with Crippen molar-refractivity contribution in [3.8, 4) is 10.4 Å². The van der Waals surface area contributed by atoms with Gasteiger partial charge in [0.15, 0.2) is 0 Å². The van der Waals surface area contributed by atoms with Crippen LogP contribution in [0, 0.1) is 12.3 Å². The zero-order valence-corrected chi connectivity index (χ0v) is 41.2. The van der Waals surface area contributed by atoms with Gasteiger partial charge in [0.25, 0.3) is 5.91 Å². The summed E-state index contributed by atoms with van der Waals surface area (Å²) in [6.07, 6.45) is 3.32. The third kappa shape index (κ3) is 12.2. The molecule has 0 radical (unpaired) electrons. The van der Waals surface area contributed by atoms with Crippen molar-refractivity contribution in [2.75, 3.05) is 38.2 Å². The number of hydrogen-bond acceptors (Lipinski definition) is 12. The molecule has 0 aliphatic carbocycles. The molecule has 0 spiro atoms. The molecule has 3 aromatic carbocycles. The minimum Gasteiger partial charge on any atom is -0.391 e. The molecule has 2 saturated heterocycles. The number of aliphatic hydroxyl groups excluding tert-OH is 1. The molecule has 5 amide bonds. The molecule has 6 N–H and O–H groups in total. The summed E-state index contributed by atoms with van der Waals surface area (Å²) in [6, 6.07) is 17.6. The molecule has 4 atom stereocenters. The number of ether oxygens (including phenoxy) is 1. The van der Waals surface area contributed by atoms with E-state index in [4.69, 9.17) is 9.72 Å². The van der Waals surface area contributed by atoms with Gasteiger partial charge in [-0.2, -0.15) is 5.10 Å². The Balaban J connectivity index is 0.735. The highest BCUT2D eigenvalue weighted by Crippen LogP contribution is 2.29. The third-order valence-corrected chi connectivity index (χ3v) is 14.0. The average molecular weight is 974 g/mol. The Labute approximate surface area is 411 Å². The van der Waals surface area contributed by atoms with Crippen molar-refractivity contribution in [3.05, 3.63) is 95.0 Å². The molecule has 8 rings (SSSR count). The Morgan fingerprint density at radius 3 is 2.50 bits per heavy atom. The maximum absolute atomic E-state index is 14.0. The van der Waals surface area contributed by atoms with E-state index in [2.05, 4.69) is 48.2 Å². The van der Waals surface area contributed by atoms with Crippen molar-refractivity contribution in [2.45, 2.75) is 111 Å². The van der Waals surface area contributed by atoms with Crippen molar-refractivity contribution in [1.82, 2.24) is 50.5 Å². The molecule has 2 aliphatic heterocycles. The van der Waals surface area contributed by atoms with Gasteiger partial charge in [-0.25, -0.2) is 9.97 Å². The Hall–Kier alpha value is -6.54. The number of anilines is 1. The monoisotopic (exact) mass is 973 g/mol. The number of likely N-dealkylation sites (tertiary alicyclic amines) is 2. The molecule has 2 aliphatic rings. The van der Waals surface area contributed by atoms with Crippen LogP contribution in [0.1, 0.15) is 87.2 Å². The zero-order chi connectivity index (χ0) is 49.5. The van der Waals surface area contributed by atoms with Crippen LogP contribution in [-0.4, -0.2) is 126 Å². The van der Waals surface area contributed by atoms with Crippen molar-refractivity contribution < 1.29 is 33.8 Å². The minimum absolute atomic E-state index is 0.0281. The van der Waals surface area contributed by atoms with Gasteiger partial charge >= 0.3 is 0 Å². The van der Waals surface area contributed by atoms with E-state index in [9.17, 15) is 29.1 Å². The number of aliphatic hydroxyl groups is 1. The van der Waals surface area contributed by atoms with E-state index < -0.39 is 35.4 Å². The number of imidazole rings is 1. The molecule has 2 unspecified atom stereocenters. The van der Waals surface area contributed by atoms with E-state index >= 15 is 0 Å². The number of benzene rings is 3. The number of aryl methyl sites for hydroxylation is 1. The van der Waals surface area contributed by atoms with Crippen LogP contribution >= 0.6 is 11.3 Å². The fourth-order valence-corrected chi connectivity index (χ4v) is 9.89. The Kier molecular flexibility index (Phi) is 15.7. The number of H-pyrrole nitrogens is 1. The lowest BCUT2D eigenvalue weighted by Gasteiger charge is -2.35. The van der Waals surface area contributed by atoms with Gasteiger partial charge in [-0.05, 0) is 86.2 Å². The lowest BCUT2D eigenvalue weighted by molar-refractivity contribution is -0.144. The van der Waals surface area contributed by atoms with Crippen LogP contribution in [0.5, 0.6) is 0 Å². The normalized spacial score (nSPS) is 17.8. The largest absolute Gasteiger partial charge is 0.391 e. The number of hydrogen-bond donors (Lipinski definition) is 6. The fraction of sp³-hybridized carbons (Fsp3) is 0.451. The number of nitrogens with one attached hydrogen (secondary N) is 5. The first kappa shape index (κ1) is 49.9. The lowest BCUT2D eigenvalue weighted by atomic mass is 9.85. The van der Waals surface area contributed by atoms with Gasteiger partial charge in [0.05, 0.1) is 71.2 Å². The molecule has 2 fully saturated rings. The maximum atomic E-state index is 14.0. The van der Waals surface area contributed by atoms with Crippen LogP contribution in [0.3, 0.4) is 0 Å². The topological polar surface area (TPSA) is 229 Å².